The first-order valence-corrected chi connectivity index (χ1v) is 12.1. The number of hydrogen-bond donors (Lipinski definition) is 3. The quantitative estimate of drug-likeness (QED) is 0.602. The largest absolute Gasteiger partial charge is 0.506 e. The first kappa shape index (κ1) is 21.1. The van der Waals surface area contributed by atoms with Crippen molar-refractivity contribution in [3.05, 3.63) is 23.2 Å². The van der Waals surface area contributed by atoms with Crippen molar-refractivity contribution in [2.24, 2.45) is 23.7 Å². The minimum Gasteiger partial charge on any atom is -0.506 e. The van der Waals surface area contributed by atoms with Crippen molar-refractivity contribution in [1.29, 1.82) is 0 Å². The van der Waals surface area contributed by atoms with E-state index in [9.17, 15) is 14.7 Å². The standard InChI is InChI=1S/C24H32ClN3O3/c25-19-1-2-21(29)20(10-19)26-23(31)18-3-5-28(6-4-18)14-22(30)27-24-11-15-7-16(12-24)9-17(8-15)13-24/h1-2,10,15-18,29H,3-9,11-14H2,(H,26,31)(H,27,30). The molecule has 6 nitrogen and oxygen atoms in total. The normalized spacial score (nSPS) is 32.7. The SMILES string of the molecule is O=C(CN1CCC(C(=O)Nc2cc(Cl)ccc2O)CC1)NC12CC3CC(CC(C3)C1)C2. The minimum atomic E-state index is -0.124. The number of benzene rings is 1. The Morgan fingerprint density at radius 2 is 1.68 bits per heavy atom. The number of nitrogens with one attached hydrogen (secondary N) is 2. The zero-order valence-electron chi connectivity index (χ0n) is 17.9. The fourth-order valence-corrected chi connectivity index (χ4v) is 7.17. The fraction of sp³-hybridized carbons (Fsp3) is 0.667. The number of piperidine rings is 1. The lowest BCUT2D eigenvalue weighted by Gasteiger charge is -2.57. The van der Waals surface area contributed by atoms with Gasteiger partial charge in [-0.3, -0.25) is 14.5 Å². The van der Waals surface area contributed by atoms with Gasteiger partial charge in [-0.15, -0.1) is 0 Å². The molecule has 7 heteroatoms. The van der Waals surface area contributed by atoms with Crippen molar-refractivity contribution < 1.29 is 14.7 Å². The lowest BCUT2D eigenvalue weighted by atomic mass is 9.53. The Bertz CT molecular complexity index is 830. The van der Waals surface area contributed by atoms with E-state index in [0.29, 0.717) is 30.1 Å². The number of carbonyl (C=O) groups excluding carboxylic acids is 2. The average Bonchev–Trinajstić information content (AvgIpc) is 2.69. The molecule has 0 atom stereocenters. The van der Waals surface area contributed by atoms with E-state index in [1.54, 1.807) is 12.1 Å². The molecule has 1 aromatic carbocycles. The zero-order valence-corrected chi connectivity index (χ0v) is 18.7. The van der Waals surface area contributed by atoms with Crippen LogP contribution in [0.5, 0.6) is 5.75 Å². The second kappa shape index (κ2) is 8.28. The van der Waals surface area contributed by atoms with Crippen molar-refractivity contribution in [2.75, 3.05) is 25.0 Å². The smallest absolute Gasteiger partial charge is 0.234 e. The maximum atomic E-state index is 12.8. The van der Waals surface area contributed by atoms with Crippen LogP contribution in [0.4, 0.5) is 5.69 Å². The molecule has 31 heavy (non-hydrogen) atoms. The monoisotopic (exact) mass is 445 g/mol. The molecular formula is C24H32ClN3O3. The molecule has 0 aromatic heterocycles. The van der Waals surface area contributed by atoms with E-state index >= 15 is 0 Å². The highest BCUT2D eigenvalue weighted by Gasteiger charge is 2.51. The maximum absolute atomic E-state index is 12.8. The molecule has 1 aromatic rings. The van der Waals surface area contributed by atoms with E-state index in [-0.39, 0.29) is 29.0 Å². The number of anilines is 1. The molecule has 4 aliphatic carbocycles. The number of phenolic OH excluding ortho intramolecular Hbond substituents is 1. The summed E-state index contributed by atoms with van der Waals surface area (Å²) in [7, 11) is 0. The van der Waals surface area contributed by atoms with Gasteiger partial charge in [0.15, 0.2) is 0 Å². The summed E-state index contributed by atoms with van der Waals surface area (Å²) < 4.78 is 0. The Hall–Kier alpha value is -1.79. The maximum Gasteiger partial charge on any atom is 0.234 e. The Morgan fingerprint density at radius 3 is 2.29 bits per heavy atom. The van der Waals surface area contributed by atoms with Crippen LogP contribution in [-0.2, 0) is 9.59 Å². The Balaban J connectivity index is 1.10. The van der Waals surface area contributed by atoms with Gasteiger partial charge in [-0.25, -0.2) is 0 Å². The van der Waals surface area contributed by atoms with Crippen LogP contribution in [-0.4, -0.2) is 47.0 Å². The van der Waals surface area contributed by atoms with E-state index in [2.05, 4.69) is 15.5 Å². The van der Waals surface area contributed by atoms with Crippen molar-refractivity contribution in [3.8, 4) is 5.75 Å². The molecule has 1 heterocycles. The first-order valence-electron chi connectivity index (χ1n) is 11.7. The summed E-state index contributed by atoms with van der Waals surface area (Å²) in [4.78, 5) is 27.6. The van der Waals surface area contributed by atoms with E-state index in [0.717, 1.165) is 30.8 Å². The third-order valence-electron chi connectivity index (χ3n) is 7.98. The van der Waals surface area contributed by atoms with Crippen LogP contribution in [0.1, 0.15) is 51.4 Å². The number of carbonyl (C=O) groups is 2. The highest BCUT2D eigenvalue weighted by molar-refractivity contribution is 6.31. The van der Waals surface area contributed by atoms with E-state index in [4.69, 9.17) is 11.6 Å². The number of aromatic hydroxyl groups is 1. The van der Waals surface area contributed by atoms with Crippen molar-refractivity contribution >= 4 is 29.1 Å². The van der Waals surface area contributed by atoms with Crippen LogP contribution in [0, 0.1) is 23.7 Å². The van der Waals surface area contributed by atoms with E-state index in [1.165, 1.54) is 44.6 Å². The molecule has 168 valence electrons. The van der Waals surface area contributed by atoms with Crippen LogP contribution in [0.15, 0.2) is 18.2 Å². The van der Waals surface area contributed by atoms with Gasteiger partial charge in [-0.2, -0.15) is 0 Å². The number of phenols is 1. The van der Waals surface area contributed by atoms with E-state index in [1.807, 2.05) is 0 Å². The number of amides is 2. The molecule has 3 N–H and O–H groups in total. The number of rotatable bonds is 5. The summed E-state index contributed by atoms with van der Waals surface area (Å²) in [6, 6.07) is 4.61. The minimum absolute atomic E-state index is 0.0107. The zero-order chi connectivity index (χ0) is 21.6. The van der Waals surface area contributed by atoms with Gasteiger partial charge in [0, 0.05) is 16.5 Å². The average molecular weight is 446 g/mol. The van der Waals surface area contributed by atoms with Gasteiger partial charge in [0.05, 0.1) is 12.2 Å². The third kappa shape index (κ3) is 4.56. The van der Waals surface area contributed by atoms with Gasteiger partial charge in [-0.1, -0.05) is 11.6 Å². The van der Waals surface area contributed by atoms with Crippen molar-refractivity contribution in [2.45, 2.75) is 56.9 Å². The summed E-state index contributed by atoms with van der Waals surface area (Å²) in [5.74, 6) is 2.39. The summed E-state index contributed by atoms with van der Waals surface area (Å²) in [6.07, 6.45) is 9.04. The van der Waals surface area contributed by atoms with Crippen LogP contribution in [0.2, 0.25) is 5.02 Å². The van der Waals surface area contributed by atoms with Crippen LogP contribution in [0.25, 0.3) is 0 Å². The van der Waals surface area contributed by atoms with Crippen molar-refractivity contribution in [1.82, 2.24) is 10.2 Å². The predicted molar refractivity (Wildman–Crippen MR) is 120 cm³/mol. The van der Waals surface area contributed by atoms with Crippen molar-refractivity contribution in [3.63, 3.8) is 0 Å². The topological polar surface area (TPSA) is 81.7 Å². The summed E-state index contributed by atoms with van der Waals surface area (Å²) in [6.45, 7) is 1.88. The van der Waals surface area contributed by atoms with Gasteiger partial charge in [0.2, 0.25) is 11.8 Å². The summed E-state index contributed by atoms with van der Waals surface area (Å²) in [5, 5.41) is 16.6. The summed E-state index contributed by atoms with van der Waals surface area (Å²) >= 11 is 5.96. The Morgan fingerprint density at radius 1 is 1.06 bits per heavy atom. The van der Waals surface area contributed by atoms with Crippen LogP contribution >= 0.6 is 11.6 Å². The molecule has 1 aliphatic heterocycles. The van der Waals surface area contributed by atoms with Gasteiger partial charge < -0.3 is 15.7 Å². The lowest BCUT2D eigenvalue weighted by Crippen LogP contribution is -2.61. The molecule has 5 fully saturated rings. The molecule has 6 rings (SSSR count). The number of nitrogens with zero attached hydrogens (tertiary/aromatic N) is 1. The Labute approximate surface area is 188 Å². The second-order valence-electron chi connectivity index (χ2n) is 10.4. The first-order chi connectivity index (χ1) is 14.9. The van der Waals surface area contributed by atoms with Gasteiger partial charge in [-0.05, 0) is 100 Å². The van der Waals surface area contributed by atoms with Crippen LogP contribution < -0.4 is 10.6 Å². The van der Waals surface area contributed by atoms with Crippen LogP contribution in [0.3, 0.4) is 0 Å². The van der Waals surface area contributed by atoms with Gasteiger partial charge in [0.1, 0.15) is 5.75 Å². The van der Waals surface area contributed by atoms with E-state index < -0.39 is 0 Å². The third-order valence-corrected chi connectivity index (χ3v) is 8.22. The molecule has 5 aliphatic rings. The fourth-order valence-electron chi connectivity index (χ4n) is 7.00. The number of hydrogen-bond acceptors (Lipinski definition) is 4. The number of likely N-dealkylation sites (tertiary alicyclic amines) is 1. The molecule has 0 unspecified atom stereocenters. The molecule has 2 amide bonds. The molecule has 0 radical (unpaired) electrons. The summed E-state index contributed by atoms with van der Waals surface area (Å²) in [5.41, 5.74) is 0.401. The predicted octanol–water partition coefficient (Wildman–Crippen LogP) is 3.78. The molecular weight excluding hydrogens is 414 g/mol. The lowest BCUT2D eigenvalue weighted by molar-refractivity contribution is -0.128. The molecule has 4 bridgehead atoms. The van der Waals surface area contributed by atoms with Gasteiger partial charge in [0.25, 0.3) is 0 Å². The Kier molecular flexibility index (Phi) is 5.63. The molecule has 4 saturated carbocycles. The highest BCUT2D eigenvalue weighted by atomic mass is 35.5. The number of halogens is 1. The van der Waals surface area contributed by atoms with Gasteiger partial charge >= 0.3 is 0 Å². The molecule has 1 saturated heterocycles. The molecule has 0 spiro atoms. The highest BCUT2D eigenvalue weighted by Crippen LogP contribution is 2.55. The second-order valence-corrected chi connectivity index (χ2v) is 10.9.